The molecule has 2 amide bonds. The monoisotopic (exact) mass is 326 g/mol. The van der Waals surface area contributed by atoms with E-state index in [2.05, 4.69) is 10.6 Å². The lowest BCUT2D eigenvalue weighted by molar-refractivity contribution is -0.127. The van der Waals surface area contributed by atoms with E-state index in [4.69, 9.17) is 4.74 Å². The Balaban J connectivity index is 1.99. The molecule has 2 aromatic carbocycles. The fraction of sp³-hybridized carbons (Fsp3) is 0.263. The van der Waals surface area contributed by atoms with E-state index < -0.39 is 0 Å². The molecule has 24 heavy (non-hydrogen) atoms. The van der Waals surface area contributed by atoms with Crippen molar-refractivity contribution >= 4 is 17.5 Å². The van der Waals surface area contributed by atoms with Gasteiger partial charge in [-0.3, -0.25) is 9.59 Å². The van der Waals surface area contributed by atoms with Gasteiger partial charge in [-0.05, 0) is 37.6 Å². The maximum absolute atomic E-state index is 12.1. The van der Waals surface area contributed by atoms with Gasteiger partial charge in [-0.2, -0.15) is 0 Å². The number of carbonyl (C=O) groups is 2. The number of ether oxygens (including phenoxy) is 1. The average molecular weight is 326 g/mol. The molecule has 0 saturated carbocycles. The molecule has 0 aromatic heterocycles. The standard InChI is InChI=1S/C19H22N2O3/c1-3-14(2)20-18(22)13-19(23)21-16-11-7-8-12-17(16)24-15-9-5-4-6-10-15/h4-12,14H,3,13H2,1-2H3,(H,20,22)(H,21,23). The second-order valence-corrected chi connectivity index (χ2v) is 5.51. The highest BCUT2D eigenvalue weighted by Crippen LogP contribution is 2.29. The summed E-state index contributed by atoms with van der Waals surface area (Å²) in [6.07, 6.45) is 0.602. The Kier molecular flexibility index (Phi) is 6.37. The first kappa shape index (κ1) is 17.5. The van der Waals surface area contributed by atoms with Gasteiger partial charge >= 0.3 is 0 Å². The molecule has 126 valence electrons. The summed E-state index contributed by atoms with van der Waals surface area (Å²) < 4.78 is 5.78. The number of hydrogen-bond donors (Lipinski definition) is 2. The molecule has 0 spiro atoms. The van der Waals surface area contributed by atoms with Gasteiger partial charge < -0.3 is 15.4 Å². The van der Waals surface area contributed by atoms with E-state index in [1.807, 2.05) is 50.2 Å². The number of anilines is 1. The normalized spacial score (nSPS) is 11.4. The van der Waals surface area contributed by atoms with E-state index in [1.165, 1.54) is 0 Å². The van der Waals surface area contributed by atoms with Gasteiger partial charge in [0.25, 0.3) is 0 Å². The van der Waals surface area contributed by atoms with E-state index in [9.17, 15) is 9.59 Å². The summed E-state index contributed by atoms with van der Waals surface area (Å²) in [5.74, 6) is 0.538. The molecule has 0 radical (unpaired) electrons. The molecule has 2 rings (SSSR count). The van der Waals surface area contributed by atoms with E-state index in [0.29, 0.717) is 17.2 Å². The van der Waals surface area contributed by atoms with Crippen LogP contribution in [0.1, 0.15) is 26.7 Å². The number of rotatable bonds is 7. The van der Waals surface area contributed by atoms with Crippen LogP contribution < -0.4 is 15.4 Å². The van der Waals surface area contributed by atoms with Gasteiger partial charge in [-0.15, -0.1) is 0 Å². The fourth-order valence-electron chi connectivity index (χ4n) is 2.04. The lowest BCUT2D eigenvalue weighted by atomic mass is 10.2. The highest BCUT2D eigenvalue weighted by Gasteiger charge is 2.13. The van der Waals surface area contributed by atoms with Crippen molar-refractivity contribution in [2.45, 2.75) is 32.7 Å². The van der Waals surface area contributed by atoms with Gasteiger partial charge in [0.05, 0.1) is 5.69 Å². The average Bonchev–Trinajstić information content (AvgIpc) is 2.57. The Morgan fingerprint density at radius 2 is 1.67 bits per heavy atom. The van der Waals surface area contributed by atoms with Crippen LogP contribution in [0.4, 0.5) is 5.69 Å². The van der Waals surface area contributed by atoms with E-state index in [-0.39, 0.29) is 24.3 Å². The molecule has 0 saturated heterocycles. The molecule has 5 heteroatoms. The van der Waals surface area contributed by atoms with Crippen LogP contribution in [-0.2, 0) is 9.59 Å². The Morgan fingerprint density at radius 3 is 2.38 bits per heavy atom. The lowest BCUT2D eigenvalue weighted by Gasteiger charge is -2.13. The summed E-state index contributed by atoms with van der Waals surface area (Å²) in [5, 5.41) is 5.50. The van der Waals surface area contributed by atoms with Crippen molar-refractivity contribution in [3.05, 3.63) is 54.6 Å². The van der Waals surface area contributed by atoms with Gasteiger partial charge in [0.1, 0.15) is 12.2 Å². The van der Waals surface area contributed by atoms with Crippen LogP contribution in [-0.4, -0.2) is 17.9 Å². The molecule has 5 nitrogen and oxygen atoms in total. The van der Waals surface area contributed by atoms with Crippen molar-refractivity contribution < 1.29 is 14.3 Å². The second-order valence-electron chi connectivity index (χ2n) is 5.51. The Bertz CT molecular complexity index is 686. The first-order valence-corrected chi connectivity index (χ1v) is 7.99. The quantitative estimate of drug-likeness (QED) is 0.762. The Morgan fingerprint density at radius 1 is 1.00 bits per heavy atom. The minimum atomic E-state index is -0.375. The minimum absolute atomic E-state index is 0.0546. The molecule has 1 unspecified atom stereocenters. The molecule has 2 aromatic rings. The molecule has 1 atom stereocenters. The van der Waals surface area contributed by atoms with Crippen LogP contribution in [0.15, 0.2) is 54.6 Å². The van der Waals surface area contributed by atoms with Crippen LogP contribution in [0, 0.1) is 0 Å². The first-order valence-electron chi connectivity index (χ1n) is 7.99. The summed E-state index contributed by atoms with van der Waals surface area (Å²) in [6.45, 7) is 3.88. The molecule has 0 aliphatic rings. The zero-order valence-corrected chi connectivity index (χ0v) is 13.9. The van der Waals surface area contributed by atoms with Crippen molar-refractivity contribution in [1.82, 2.24) is 5.32 Å². The van der Waals surface area contributed by atoms with E-state index in [0.717, 1.165) is 6.42 Å². The summed E-state index contributed by atoms with van der Waals surface area (Å²) in [6, 6.07) is 16.5. The van der Waals surface area contributed by atoms with Gasteiger partial charge in [0.15, 0.2) is 5.75 Å². The number of carbonyl (C=O) groups excluding carboxylic acids is 2. The zero-order valence-electron chi connectivity index (χ0n) is 13.9. The van der Waals surface area contributed by atoms with Crippen LogP contribution >= 0.6 is 0 Å². The first-order chi connectivity index (χ1) is 11.6. The van der Waals surface area contributed by atoms with Gasteiger partial charge in [0.2, 0.25) is 11.8 Å². The molecule has 0 aliphatic carbocycles. The third-order valence-corrected chi connectivity index (χ3v) is 3.47. The number of hydrogen-bond acceptors (Lipinski definition) is 3. The van der Waals surface area contributed by atoms with Crippen molar-refractivity contribution in [3.8, 4) is 11.5 Å². The summed E-state index contributed by atoms with van der Waals surface area (Å²) in [7, 11) is 0. The molecular weight excluding hydrogens is 304 g/mol. The zero-order chi connectivity index (χ0) is 17.4. The SMILES string of the molecule is CCC(C)NC(=O)CC(=O)Nc1ccccc1Oc1ccccc1. The fourth-order valence-corrected chi connectivity index (χ4v) is 2.04. The Labute approximate surface area is 142 Å². The molecule has 2 N–H and O–H groups in total. The summed E-state index contributed by atoms with van der Waals surface area (Å²) in [5.41, 5.74) is 0.530. The van der Waals surface area contributed by atoms with Crippen LogP contribution in [0.2, 0.25) is 0 Å². The van der Waals surface area contributed by atoms with Crippen molar-refractivity contribution in [3.63, 3.8) is 0 Å². The third kappa shape index (κ3) is 5.43. The van der Waals surface area contributed by atoms with Crippen LogP contribution in [0.5, 0.6) is 11.5 Å². The van der Waals surface area contributed by atoms with Gasteiger partial charge in [0, 0.05) is 6.04 Å². The minimum Gasteiger partial charge on any atom is -0.455 e. The van der Waals surface area contributed by atoms with Crippen molar-refractivity contribution in [1.29, 1.82) is 0 Å². The molecule has 0 heterocycles. The maximum atomic E-state index is 12.1. The topological polar surface area (TPSA) is 67.4 Å². The number of para-hydroxylation sites is 3. The molecule has 0 fully saturated rings. The summed E-state index contributed by atoms with van der Waals surface area (Å²) in [4.78, 5) is 23.9. The Hall–Kier alpha value is -2.82. The van der Waals surface area contributed by atoms with Crippen LogP contribution in [0.3, 0.4) is 0 Å². The van der Waals surface area contributed by atoms with Gasteiger partial charge in [-0.1, -0.05) is 37.3 Å². The third-order valence-electron chi connectivity index (χ3n) is 3.47. The number of amides is 2. The second kappa shape index (κ2) is 8.72. The van der Waals surface area contributed by atoms with Crippen LogP contribution in [0.25, 0.3) is 0 Å². The lowest BCUT2D eigenvalue weighted by Crippen LogP contribution is -2.34. The molecule has 0 aliphatic heterocycles. The van der Waals surface area contributed by atoms with Crippen molar-refractivity contribution in [2.24, 2.45) is 0 Å². The predicted molar refractivity (Wildman–Crippen MR) is 94.1 cm³/mol. The number of nitrogens with one attached hydrogen (secondary N) is 2. The largest absolute Gasteiger partial charge is 0.455 e. The number of benzene rings is 2. The van der Waals surface area contributed by atoms with E-state index >= 15 is 0 Å². The maximum Gasteiger partial charge on any atom is 0.233 e. The van der Waals surface area contributed by atoms with E-state index in [1.54, 1.807) is 18.2 Å². The highest BCUT2D eigenvalue weighted by atomic mass is 16.5. The predicted octanol–water partition coefficient (Wildman–Crippen LogP) is 3.72. The summed E-state index contributed by atoms with van der Waals surface area (Å²) >= 11 is 0. The molecule has 0 bridgehead atoms. The molecular formula is C19H22N2O3. The highest BCUT2D eigenvalue weighted by molar-refractivity contribution is 6.04. The smallest absolute Gasteiger partial charge is 0.233 e. The van der Waals surface area contributed by atoms with Crippen molar-refractivity contribution in [2.75, 3.05) is 5.32 Å². The van der Waals surface area contributed by atoms with Gasteiger partial charge in [-0.25, -0.2) is 0 Å².